The Hall–Kier alpha value is -2.73. The maximum Gasteiger partial charge on any atom is 0.348 e. The number of H-pyrrole nitrogens is 1. The summed E-state index contributed by atoms with van der Waals surface area (Å²) in [5, 5.41) is 24.1. The molecule has 2 aromatic rings. The number of aromatic nitrogens is 3. The lowest BCUT2D eigenvalue weighted by atomic mass is 10.2. The Morgan fingerprint density at radius 3 is 3.00 bits per heavy atom. The molecule has 8 nitrogen and oxygen atoms in total. The molecule has 0 unspecified atom stereocenters. The van der Waals surface area contributed by atoms with Gasteiger partial charge in [-0.25, -0.2) is 14.5 Å². The van der Waals surface area contributed by atoms with E-state index < -0.39 is 11.7 Å². The Balaban J connectivity index is 2.62. The third kappa shape index (κ3) is 2.90. The summed E-state index contributed by atoms with van der Waals surface area (Å²) in [6.07, 6.45) is 0. The van der Waals surface area contributed by atoms with Gasteiger partial charge in [0.25, 0.3) is 0 Å². The van der Waals surface area contributed by atoms with Crippen molar-refractivity contribution in [1.82, 2.24) is 14.8 Å². The Kier molecular flexibility index (Phi) is 4.30. The van der Waals surface area contributed by atoms with E-state index in [1.54, 1.807) is 12.1 Å². The highest BCUT2D eigenvalue weighted by Crippen LogP contribution is 2.28. The Morgan fingerprint density at radius 1 is 1.62 bits per heavy atom. The zero-order chi connectivity index (χ0) is 15.4. The normalized spacial score (nSPS) is 10.1. The van der Waals surface area contributed by atoms with Crippen LogP contribution in [0.15, 0.2) is 28.2 Å². The minimum atomic E-state index is -1.04. The van der Waals surface area contributed by atoms with E-state index in [-0.39, 0.29) is 22.2 Å². The molecule has 0 saturated heterocycles. The summed E-state index contributed by atoms with van der Waals surface area (Å²) in [4.78, 5) is 22.6. The molecule has 0 bridgehead atoms. The van der Waals surface area contributed by atoms with Gasteiger partial charge in [-0.05, 0) is 12.1 Å². The Morgan fingerprint density at radius 2 is 2.38 bits per heavy atom. The van der Waals surface area contributed by atoms with E-state index in [9.17, 15) is 14.9 Å². The number of nitrogens with zero attached hydrogens (tertiary/aromatic N) is 3. The molecule has 9 heteroatoms. The molecule has 1 aromatic carbocycles. The molecule has 0 atom stereocenters. The third-order valence-electron chi connectivity index (χ3n) is 2.53. The lowest BCUT2D eigenvalue weighted by Crippen LogP contribution is -2.18. The van der Waals surface area contributed by atoms with Crippen molar-refractivity contribution in [3.63, 3.8) is 0 Å². The van der Waals surface area contributed by atoms with Crippen molar-refractivity contribution in [3.05, 3.63) is 34.2 Å². The lowest BCUT2D eigenvalue weighted by Gasteiger charge is -2.11. The Labute approximate surface area is 123 Å². The number of benzene rings is 1. The fraction of sp³-hybridized carbons (Fsp3) is 0.167. The molecular formula is C12H10N4O4S. The smallest absolute Gasteiger partial charge is 0.348 e. The van der Waals surface area contributed by atoms with Crippen molar-refractivity contribution in [2.75, 3.05) is 12.9 Å². The van der Waals surface area contributed by atoms with E-state index in [0.29, 0.717) is 5.75 Å². The molecule has 0 spiro atoms. The van der Waals surface area contributed by atoms with Crippen LogP contribution in [0.25, 0.3) is 5.69 Å². The van der Waals surface area contributed by atoms with Crippen LogP contribution in [0.3, 0.4) is 0 Å². The quantitative estimate of drug-likeness (QED) is 0.776. The van der Waals surface area contributed by atoms with Crippen molar-refractivity contribution < 1.29 is 14.6 Å². The predicted octanol–water partition coefficient (Wildman–Crippen LogP) is 0.618. The van der Waals surface area contributed by atoms with E-state index in [1.165, 1.54) is 13.2 Å². The average Bonchev–Trinajstić information content (AvgIpc) is 2.84. The van der Waals surface area contributed by atoms with Crippen LogP contribution in [0.2, 0.25) is 0 Å². The predicted molar refractivity (Wildman–Crippen MR) is 73.8 cm³/mol. The third-order valence-corrected chi connectivity index (χ3v) is 3.45. The van der Waals surface area contributed by atoms with Gasteiger partial charge in [-0.3, -0.25) is 4.79 Å². The van der Waals surface area contributed by atoms with Crippen LogP contribution in [-0.2, 0) is 4.79 Å². The first-order chi connectivity index (χ1) is 10.1. The number of nitrogens with one attached hydrogen (secondary N) is 1. The summed E-state index contributed by atoms with van der Waals surface area (Å²) < 4.78 is 6.30. The zero-order valence-corrected chi connectivity index (χ0v) is 11.7. The number of carboxylic acids is 1. The highest BCUT2D eigenvalue weighted by Gasteiger charge is 2.19. The van der Waals surface area contributed by atoms with Crippen LogP contribution in [0.4, 0.5) is 0 Å². The summed E-state index contributed by atoms with van der Waals surface area (Å²) in [7, 11) is 1.41. The van der Waals surface area contributed by atoms with E-state index in [0.717, 1.165) is 16.3 Å². The second kappa shape index (κ2) is 6.15. The van der Waals surface area contributed by atoms with Crippen molar-refractivity contribution in [2.45, 2.75) is 5.16 Å². The molecule has 0 amide bonds. The van der Waals surface area contributed by atoms with Crippen LogP contribution >= 0.6 is 11.8 Å². The maximum atomic E-state index is 11.9. The topological polar surface area (TPSA) is 121 Å². The van der Waals surface area contributed by atoms with Gasteiger partial charge in [-0.15, -0.1) is 5.10 Å². The number of para-hydroxylation sites is 1. The number of methoxy groups -OCH3 is 1. The number of ether oxygens (including phenoxy) is 1. The number of hydrogen-bond acceptors (Lipinski definition) is 6. The van der Waals surface area contributed by atoms with Crippen molar-refractivity contribution in [2.24, 2.45) is 0 Å². The van der Waals surface area contributed by atoms with Crippen LogP contribution in [0.5, 0.6) is 5.75 Å². The van der Waals surface area contributed by atoms with Gasteiger partial charge in [-0.1, -0.05) is 17.8 Å². The molecule has 2 rings (SSSR count). The molecule has 0 radical (unpaired) electrons. The maximum absolute atomic E-state index is 11.9. The second-order valence-electron chi connectivity index (χ2n) is 3.80. The minimum Gasteiger partial charge on any atom is -0.495 e. The number of aromatic amines is 1. The summed E-state index contributed by atoms with van der Waals surface area (Å²) in [6.45, 7) is 0. The zero-order valence-electron chi connectivity index (χ0n) is 10.9. The highest BCUT2D eigenvalue weighted by molar-refractivity contribution is 7.99. The second-order valence-corrected chi connectivity index (χ2v) is 4.74. The molecule has 0 fully saturated rings. The van der Waals surface area contributed by atoms with Gasteiger partial charge < -0.3 is 9.84 Å². The molecule has 1 aromatic heterocycles. The SMILES string of the molecule is COc1cccc(C#N)c1-n1c(SCC(=O)O)n[nH]c1=O. The number of nitriles is 1. The number of rotatable bonds is 5. The number of aliphatic carboxylic acids is 1. The van der Waals surface area contributed by atoms with E-state index in [4.69, 9.17) is 9.84 Å². The van der Waals surface area contributed by atoms with Crippen LogP contribution in [0.1, 0.15) is 5.56 Å². The average molecular weight is 306 g/mol. The molecule has 2 N–H and O–H groups in total. The van der Waals surface area contributed by atoms with Crippen LogP contribution in [-0.4, -0.2) is 38.7 Å². The first-order valence-electron chi connectivity index (χ1n) is 5.68. The standard InChI is InChI=1S/C12H10N4O4S/c1-20-8-4-2-3-7(5-13)10(8)16-11(19)14-15-12(16)21-6-9(17)18/h2-4H,6H2,1H3,(H,14,19)(H,17,18). The molecule has 0 saturated carbocycles. The molecule has 1 heterocycles. The first kappa shape index (κ1) is 14.7. The van der Waals surface area contributed by atoms with Crippen LogP contribution < -0.4 is 10.4 Å². The van der Waals surface area contributed by atoms with Gasteiger partial charge in [0.1, 0.15) is 17.5 Å². The van der Waals surface area contributed by atoms with E-state index in [1.807, 2.05) is 6.07 Å². The molecule has 21 heavy (non-hydrogen) atoms. The number of carbonyl (C=O) groups is 1. The minimum absolute atomic E-state index is 0.142. The molecule has 0 aliphatic carbocycles. The number of carboxylic acid groups (broad SMARTS) is 1. The van der Waals surface area contributed by atoms with Crippen molar-refractivity contribution in [1.29, 1.82) is 5.26 Å². The summed E-state index contributed by atoms with van der Waals surface area (Å²) in [5.74, 6) is -0.987. The molecule has 0 aliphatic heterocycles. The van der Waals surface area contributed by atoms with Gasteiger partial charge in [-0.2, -0.15) is 5.26 Å². The monoisotopic (exact) mass is 306 g/mol. The summed E-state index contributed by atoms with van der Waals surface area (Å²) >= 11 is 0.865. The fourth-order valence-corrected chi connectivity index (χ4v) is 2.38. The van der Waals surface area contributed by atoms with Gasteiger partial charge in [0.15, 0.2) is 5.16 Å². The Bertz CT molecular complexity index is 774. The molecule has 0 aliphatic rings. The largest absolute Gasteiger partial charge is 0.495 e. The van der Waals surface area contributed by atoms with E-state index >= 15 is 0 Å². The van der Waals surface area contributed by atoms with E-state index in [2.05, 4.69) is 10.2 Å². The fourth-order valence-electron chi connectivity index (χ4n) is 1.71. The van der Waals surface area contributed by atoms with Gasteiger partial charge >= 0.3 is 11.7 Å². The van der Waals surface area contributed by atoms with Crippen molar-refractivity contribution in [3.8, 4) is 17.5 Å². The van der Waals surface area contributed by atoms with Gasteiger partial charge in [0.2, 0.25) is 0 Å². The summed E-state index contributed by atoms with van der Waals surface area (Å²) in [6, 6.07) is 6.72. The molecular weight excluding hydrogens is 296 g/mol. The lowest BCUT2D eigenvalue weighted by molar-refractivity contribution is -0.133. The first-order valence-corrected chi connectivity index (χ1v) is 6.66. The molecule has 108 valence electrons. The van der Waals surface area contributed by atoms with Crippen molar-refractivity contribution >= 4 is 17.7 Å². The number of hydrogen-bond donors (Lipinski definition) is 2. The van der Waals surface area contributed by atoms with Crippen LogP contribution in [0, 0.1) is 11.3 Å². The number of thioether (sulfide) groups is 1. The van der Waals surface area contributed by atoms with Gasteiger partial charge in [0, 0.05) is 0 Å². The summed E-state index contributed by atoms with van der Waals surface area (Å²) in [5.41, 5.74) is -0.131. The van der Waals surface area contributed by atoms with Gasteiger partial charge in [0.05, 0.1) is 18.4 Å². The highest BCUT2D eigenvalue weighted by atomic mass is 32.2.